The Bertz CT molecular complexity index is 725. The third-order valence-electron chi connectivity index (χ3n) is 6.36. The Morgan fingerprint density at radius 2 is 2.03 bits per heavy atom. The summed E-state index contributed by atoms with van der Waals surface area (Å²) in [6.07, 6.45) is 11.1. The molecule has 3 atom stereocenters. The van der Waals surface area contributed by atoms with E-state index in [1.165, 1.54) is 12.8 Å². The zero-order valence-electron chi connectivity index (χ0n) is 19.1. The van der Waals surface area contributed by atoms with E-state index >= 15 is 0 Å². The van der Waals surface area contributed by atoms with E-state index in [4.69, 9.17) is 4.74 Å². The largest absolute Gasteiger partial charge is 0.474 e. The second-order valence-electron chi connectivity index (χ2n) is 8.73. The average Bonchev–Trinajstić information content (AvgIpc) is 2.78. The van der Waals surface area contributed by atoms with Crippen LogP contribution in [0.2, 0.25) is 0 Å². The Morgan fingerprint density at radius 1 is 1.26 bits per heavy atom. The SMILES string of the molecule is CCS(=O)C1CCCC(NC(=NC)NCc2ccnc(OC3CCC(C)CC3)c2)C1.I. The van der Waals surface area contributed by atoms with Crippen molar-refractivity contribution in [2.75, 3.05) is 12.8 Å². The normalized spacial score (nSPS) is 27.6. The maximum Gasteiger partial charge on any atom is 0.213 e. The average molecular weight is 563 g/mol. The molecule has 2 aliphatic carbocycles. The fourth-order valence-electron chi connectivity index (χ4n) is 4.47. The van der Waals surface area contributed by atoms with Gasteiger partial charge in [-0.2, -0.15) is 0 Å². The van der Waals surface area contributed by atoms with Crippen molar-refractivity contribution in [1.82, 2.24) is 15.6 Å². The van der Waals surface area contributed by atoms with Crippen LogP contribution >= 0.6 is 24.0 Å². The van der Waals surface area contributed by atoms with E-state index < -0.39 is 10.8 Å². The van der Waals surface area contributed by atoms with Crippen LogP contribution in [0.25, 0.3) is 0 Å². The van der Waals surface area contributed by atoms with Crippen LogP contribution in [0, 0.1) is 5.92 Å². The molecule has 31 heavy (non-hydrogen) atoms. The van der Waals surface area contributed by atoms with Gasteiger partial charge in [0.2, 0.25) is 5.88 Å². The van der Waals surface area contributed by atoms with Crippen molar-refractivity contribution in [2.24, 2.45) is 10.9 Å². The number of pyridine rings is 1. The molecule has 1 aromatic rings. The minimum Gasteiger partial charge on any atom is -0.474 e. The van der Waals surface area contributed by atoms with Crippen LogP contribution in [-0.4, -0.2) is 45.3 Å². The molecule has 2 N–H and O–H groups in total. The monoisotopic (exact) mass is 562 g/mol. The summed E-state index contributed by atoms with van der Waals surface area (Å²) in [4.78, 5) is 8.78. The predicted molar refractivity (Wildman–Crippen MR) is 140 cm³/mol. The molecule has 0 aromatic carbocycles. The lowest BCUT2D eigenvalue weighted by molar-refractivity contribution is 0.130. The van der Waals surface area contributed by atoms with Crippen LogP contribution < -0.4 is 15.4 Å². The van der Waals surface area contributed by atoms with E-state index in [9.17, 15) is 4.21 Å². The summed E-state index contributed by atoms with van der Waals surface area (Å²) in [5, 5.41) is 7.24. The first-order valence-corrected chi connectivity index (χ1v) is 12.9. The molecule has 8 heteroatoms. The minimum absolute atomic E-state index is 0. The third kappa shape index (κ3) is 8.51. The summed E-state index contributed by atoms with van der Waals surface area (Å²) in [5.41, 5.74) is 1.13. The molecular weight excluding hydrogens is 523 g/mol. The molecule has 176 valence electrons. The van der Waals surface area contributed by atoms with Crippen LogP contribution in [0.15, 0.2) is 23.3 Å². The van der Waals surface area contributed by atoms with Crippen LogP contribution in [0.4, 0.5) is 0 Å². The minimum atomic E-state index is -0.714. The molecule has 0 radical (unpaired) electrons. The summed E-state index contributed by atoms with van der Waals surface area (Å²) in [7, 11) is 1.08. The van der Waals surface area contributed by atoms with Crippen molar-refractivity contribution in [1.29, 1.82) is 0 Å². The Kier molecular flexibility index (Phi) is 11.6. The van der Waals surface area contributed by atoms with Gasteiger partial charge in [-0.1, -0.05) is 20.3 Å². The fourth-order valence-corrected chi connectivity index (χ4v) is 5.82. The molecule has 2 fully saturated rings. The molecule has 0 spiro atoms. The molecule has 0 amide bonds. The first-order valence-electron chi connectivity index (χ1n) is 11.5. The Balaban J connectivity index is 0.00000341. The summed E-state index contributed by atoms with van der Waals surface area (Å²) in [5.74, 6) is 3.07. The van der Waals surface area contributed by atoms with Gasteiger partial charge in [-0.25, -0.2) is 4.98 Å². The van der Waals surface area contributed by atoms with Gasteiger partial charge in [0, 0.05) is 53.7 Å². The van der Waals surface area contributed by atoms with Crippen molar-refractivity contribution in [3.05, 3.63) is 23.9 Å². The molecule has 1 heterocycles. The molecule has 6 nitrogen and oxygen atoms in total. The van der Waals surface area contributed by atoms with Crippen molar-refractivity contribution >= 4 is 40.7 Å². The van der Waals surface area contributed by atoms with Crippen LogP contribution in [-0.2, 0) is 17.3 Å². The number of hydrogen-bond donors (Lipinski definition) is 2. The molecular formula is C23H39IN4O2S. The number of hydrogen-bond acceptors (Lipinski definition) is 4. The van der Waals surface area contributed by atoms with Gasteiger partial charge < -0.3 is 15.4 Å². The van der Waals surface area contributed by atoms with Crippen molar-refractivity contribution in [3.8, 4) is 5.88 Å². The summed E-state index contributed by atoms with van der Waals surface area (Å²) >= 11 is 0. The number of halogens is 1. The van der Waals surface area contributed by atoms with Crippen LogP contribution in [0.1, 0.15) is 70.8 Å². The lowest BCUT2D eigenvalue weighted by Crippen LogP contribution is -2.46. The highest BCUT2D eigenvalue weighted by Crippen LogP contribution is 2.27. The van der Waals surface area contributed by atoms with Gasteiger partial charge in [0.1, 0.15) is 6.10 Å². The quantitative estimate of drug-likeness (QED) is 0.293. The molecule has 3 unspecified atom stereocenters. The van der Waals surface area contributed by atoms with Gasteiger partial charge in [-0.05, 0) is 62.5 Å². The highest BCUT2D eigenvalue weighted by Gasteiger charge is 2.26. The zero-order valence-corrected chi connectivity index (χ0v) is 22.3. The number of ether oxygens (including phenoxy) is 1. The highest BCUT2D eigenvalue weighted by atomic mass is 127. The molecule has 2 aliphatic rings. The van der Waals surface area contributed by atoms with E-state index in [-0.39, 0.29) is 24.0 Å². The van der Waals surface area contributed by atoms with Gasteiger partial charge in [0.15, 0.2) is 5.96 Å². The molecule has 0 aliphatic heterocycles. The number of rotatable bonds is 7. The smallest absolute Gasteiger partial charge is 0.213 e. The maximum atomic E-state index is 12.2. The van der Waals surface area contributed by atoms with Crippen LogP contribution in [0.5, 0.6) is 5.88 Å². The van der Waals surface area contributed by atoms with Gasteiger partial charge in [-0.15, -0.1) is 24.0 Å². The zero-order chi connectivity index (χ0) is 21.3. The van der Waals surface area contributed by atoms with E-state index in [1.54, 1.807) is 7.05 Å². The Morgan fingerprint density at radius 3 is 2.74 bits per heavy atom. The highest BCUT2D eigenvalue weighted by molar-refractivity contribution is 14.0. The number of guanidine groups is 1. The van der Waals surface area contributed by atoms with E-state index in [0.717, 1.165) is 61.7 Å². The fraction of sp³-hybridized carbons (Fsp3) is 0.739. The van der Waals surface area contributed by atoms with E-state index in [2.05, 4.69) is 27.5 Å². The Labute approximate surface area is 207 Å². The standard InChI is InChI=1S/C23H38N4O2S.HI/c1-4-30(28)21-7-5-6-19(15-21)27-23(24-3)26-16-18-12-13-25-22(14-18)29-20-10-8-17(2)9-11-20;/h12-14,17,19-21H,4-11,15-16H2,1-3H3,(H2,24,26,27);1H. The third-order valence-corrected chi connectivity index (χ3v) is 8.10. The van der Waals surface area contributed by atoms with Gasteiger partial charge in [0.25, 0.3) is 0 Å². The van der Waals surface area contributed by atoms with Crippen LogP contribution in [0.3, 0.4) is 0 Å². The number of aliphatic imine (C=N–C) groups is 1. The first-order chi connectivity index (χ1) is 14.6. The predicted octanol–water partition coefficient (Wildman–Crippen LogP) is 4.40. The van der Waals surface area contributed by atoms with Crippen molar-refractivity contribution < 1.29 is 8.95 Å². The second kappa shape index (κ2) is 13.6. The summed E-state index contributed by atoms with van der Waals surface area (Å²) in [6.45, 7) is 4.99. The topological polar surface area (TPSA) is 75.6 Å². The number of nitrogens with one attached hydrogen (secondary N) is 2. The van der Waals surface area contributed by atoms with Crippen molar-refractivity contribution in [3.63, 3.8) is 0 Å². The summed E-state index contributed by atoms with van der Waals surface area (Å²) in [6, 6.07) is 4.37. The van der Waals surface area contributed by atoms with Crippen molar-refractivity contribution in [2.45, 2.75) is 89.2 Å². The molecule has 0 bridgehead atoms. The maximum absolute atomic E-state index is 12.2. The van der Waals surface area contributed by atoms with E-state index in [0.29, 0.717) is 29.8 Å². The molecule has 2 saturated carbocycles. The number of aromatic nitrogens is 1. The van der Waals surface area contributed by atoms with Gasteiger partial charge in [-0.3, -0.25) is 9.20 Å². The summed E-state index contributed by atoms with van der Waals surface area (Å²) < 4.78 is 18.3. The lowest BCUT2D eigenvalue weighted by Gasteiger charge is -2.30. The molecule has 3 rings (SSSR count). The van der Waals surface area contributed by atoms with Gasteiger partial charge in [0.05, 0.1) is 0 Å². The van der Waals surface area contributed by atoms with E-state index in [1.807, 2.05) is 25.3 Å². The first kappa shape index (κ1) is 26.4. The van der Waals surface area contributed by atoms with Gasteiger partial charge >= 0.3 is 0 Å². The second-order valence-corrected chi connectivity index (χ2v) is 10.7. The number of nitrogens with zero attached hydrogens (tertiary/aromatic N) is 2. The lowest BCUT2D eigenvalue weighted by atomic mass is 9.89. The molecule has 0 saturated heterocycles. The molecule has 1 aromatic heterocycles. The Hall–Kier alpha value is -0.900.